The SMILES string of the molecule is CCCOc1ccc([N+](=O)[O-])nc1. The van der Waals surface area contributed by atoms with Crippen molar-refractivity contribution in [1.29, 1.82) is 0 Å². The number of nitrogens with zero attached hydrogens (tertiary/aromatic N) is 2. The maximum atomic E-state index is 10.2. The van der Waals surface area contributed by atoms with E-state index in [0.29, 0.717) is 12.4 Å². The van der Waals surface area contributed by atoms with Gasteiger partial charge in [-0.2, -0.15) is 0 Å². The summed E-state index contributed by atoms with van der Waals surface area (Å²) < 4.78 is 5.20. The van der Waals surface area contributed by atoms with Crippen LogP contribution in [0.5, 0.6) is 5.75 Å². The molecule has 1 heterocycles. The number of ether oxygens (including phenoxy) is 1. The van der Waals surface area contributed by atoms with Crippen molar-refractivity contribution in [2.75, 3.05) is 6.61 Å². The Morgan fingerprint density at radius 3 is 2.85 bits per heavy atom. The van der Waals surface area contributed by atoms with Gasteiger partial charge in [0.15, 0.2) is 11.9 Å². The molecule has 1 aromatic rings. The summed E-state index contributed by atoms with van der Waals surface area (Å²) in [5.74, 6) is 0.399. The third-order valence-corrected chi connectivity index (χ3v) is 1.38. The molecule has 0 atom stereocenters. The highest BCUT2D eigenvalue weighted by atomic mass is 16.6. The molecule has 0 aliphatic rings. The van der Waals surface area contributed by atoms with Crippen LogP contribution in [0.15, 0.2) is 18.3 Å². The number of rotatable bonds is 4. The summed E-state index contributed by atoms with van der Waals surface area (Å²) >= 11 is 0. The molecule has 0 amide bonds. The summed E-state index contributed by atoms with van der Waals surface area (Å²) in [4.78, 5) is 13.3. The maximum absolute atomic E-state index is 10.2. The first-order chi connectivity index (χ1) is 6.24. The van der Waals surface area contributed by atoms with Gasteiger partial charge in [-0.3, -0.25) is 0 Å². The molecular weight excluding hydrogens is 172 g/mol. The smallest absolute Gasteiger partial charge is 0.363 e. The highest BCUT2D eigenvalue weighted by Crippen LogP contribution is 2.13. The molecule has 0 N–H and O–H groups in total. The van der Waals surface area contributed by atoms with Crippen molar-refractivity contribution >= 4 is 5.82 Å². The highest BCUT2D eigenvalue weighted by molar-refractivity contribution is 5.26. The molecule has 0 saturated heterocycles. The van der Waals surface area contributed by atoms with Crippen LogP contribution in [0.4, 0.5) is 5.82 Å². The van der Waals surface area contributed by atoms with Gasteiger partial charge >= 0.3 is 5.82 Å². The molecule has 13 heavy (non-hydrogen) atoms. The number of nitro groups is 1. The average molecular weight is 182 g/mol. The molecule has 1 rings (SSSR count). The third-order valence-electron chi connectivity index (χ3n) is 1.38. The lowest BCUT2D eigenvalue weighted by Crippen LogP contribution is -1.96. The fraction of sp³-hybridized carbons (Fsp3) is 0.375. The van der Waals surface area contributed by atoms with Crippen LogP contribution in [0.25, 0.3) is 0 Å². The van der Waals surface area contributed by atoms with Crippen LogP contribution in [-0.4, -0.2) is 16.5 Å². The molecule has 0 aromatic carbocycles. The number of hydrogen-bond donors (Lipinski definition) is 0. The second-order valence-electron chi connectivity index (χ2n) is 2.46. The van der Waals surface area contributed by atoms with Crippen LogP contribution in [0.1, 0.15) is 13.3 Å². The molecule has 0 saturated carbocycles. The van der Waals surface area contributed by atoms with E-state index in [4.69, 9.17) is 4.74 Å². The topological polar surface area (TPSA) is 65.3 Å². The molecule has 0 aliphatic carbocycles. The summed E-state index contributed by atoms with van der Waals surface area (Å²) in [5.41, 5.74) is 0. The van der Waals surface area contributed by atoms with E-state index in [-0.39, 0.29) is 5.82 Å². The second-order valence-corrected chi connectivity index (χ2v) is 2.46. The lowest BCUT2D eigenvalue weighted by atomic mass is 10.4. The molecule has 1 aromatic heterocycles. The average Bonchev–Trinajstić information content (AvgIpc) is 2.15. The van der Waals surface area contributed by atoms with Gasteiger partial charge in [0, 0.05) is 6.07 Å². The summed E-state index contributed by atoms with van der Waals surface area (Å²) in [6.45, 7) is 2.58. The summed E-state index contributed by atoms with van der Waals surface area (Å²) in [6, 6.07) is 2.87. The number of aromatic nitrogens is 1. The molecule has 0 bridgehead atoms. The minimum atomic E-state index is -0.538. The lowest BCUT2D eigenvalue weighted by Gasteiger charge is -2.00. The molecule has 70 valence electrons. The largest absolute Gasteiger partial charge is 0.490 e. The standard InChI is InChI=1S/C8H10N2O3/c1-2-5-13-7-3-4-8(9-6-7)10(11)12/h3-4,6H,2,5H2,1H3. The molecule has 5 nitrogen and oxygen atoms in total. The second kappa shape index (κ2) is 4.39. The minimum Gasteiger partial charge on any atom is -0.490 e. The third kappa shape index (κ3) is 2.70. The van der Waals surface area contributed by atoms with Crippen LogP contribution in [0, 0.1) is 10.1 Å². The molecular formula is C8H10N2O3. The van der Waals surface area contributed by atoms with E-state index in [9.17, 15) is 10.1 Å². The van der Waals surface area contributed by atoms with Gasteiger partial charge in [0.05, 0.1) is 6.61 Å². The predicted octanol–water partition coefficient (Wildman–Crippen LogP) is 1.78. The van der Waals surface area contributed by atoms with Gasteiger partial charge in [-0.05, 0) is 22.4 Å². The van der Waals surface area contributed by atoms with Crippen LogP contribution in [0.3, 0.4) is 0 Å². The van der Waals surface area contributed by atoms with Crippen molar-refractivity contribution in [2.45, 2.75) is 13.3 Å². The molecule has 5 heteroatoms. The fourth-order valence-electron chi connectivity index (χ4n) is 0.786. The zero-order valence-corrected chi connectivity index (χ0v) is 7.27. The number of hydrogen-bond acceptors (Lipinski definition) is 4. The van der Waals surface area contributed by atoms with Gasteiger partial charge in [-0.1, -0.05) is 6.92 Å². The Bertz CT molecular complexity index is 284. The maximum Gasteiger partial charge on any atom is 0.363 e. The van der Waals surface area contributed by atoms with Gasteiger partial charge in [0.25, 0.3) is 0 Å². The summed E-state index contributed by atoms with van der Waals surface area (Å²) in [7, 11) is 0. The van der Waals surface area contributed by atoms with Crippen molar-refractivity contribution < 1.29 is 9.66 Å². The first-order valence-corrected chi connectivity index (χ1v) is 3.97. The fourth-order valence-corrected chi connectivity index (χ4v) is 0.786. The van der Waals surface area contributed by atoms with Crippen LogP contribution >= 0.6 is 0 Å². The summed E-state index contributed by atoms with van der Waals surface area (Å²) in [6.07, 6.45) is 2.25. The van der Waals surface area contributed by atoms with E-state index in [1.807, 2.05) is 6.92 Å². The van der Waals surface area contributed by atoms with E-state index in [1.165, 1.54) is 12.3 Å². The molecule has 0 spiro atoms. The Balaban J connectivity index is 2.64. The lowest BCUT2D eigenvalue weighted by molar-refractivity contribution is -0.389. The Hall–Kier alpha value is -1.65. The van der Waals surface area contributed by atoms with E-state index in [2.05, 4.69) is 4.98 Å². The predicted molar refractivity (Wildman–Crippen MR) is 46.7 cm³/mol. The molecule has 0 aliphatic heterocycles. The van der Waals surface area contributed by atoms with Crippen molar-refractivity contribution in [3.63, 3.8) is 0 Å². The highest BCUT2D eigenvalue weighted by Gasteiger charge is 2.05. The minimum absolute atomic E-state index is 0.163. The Labute approximate surface area is 75.5 Å². The first kappa shape index (κ1) is 9.44. The van der Waals surface area contributed by atoms with E-state index in [1.54, 1.807) is 6.07 Å². The van der Waals surface area contributed by atoms with Crippen molar-refractivity contribution in [3.05, 3.63) is 28.4 Å². The van der Waals surface area contributed by atoms with Crippen molar-refractivity contribution in [2.24, 2.45) is 0 Å². The molecule has 0 fully saturated rings. The van der Waals surface area contributed by atoms with Crippen LogP contribution in [-0.2, 0) is 0 Å². The zero-order valence-electron chi connectivity index (χ0n) is 7.27. The van der Waals surface area contributed by atoms with Gasteiger partial charge in [0.1, 0.15) is 0 Å². The first-order valence-electron chi connectivity index (χ1n) is 3.97. The number of pyridine rings is 1. The Kier molecular flexibility index (Phi) is 3.19. The molecule has 0 unspecified atom stereocenters. The van der Waals surface area contributed by atoms with Crippen molar-refractivity contribution in [3.8, 4) is 5.75 Å². The van der Waals surface area contributed by atoms with E-state index >= 15 is 0 Å². The van der Waals surface area contributed by atoms with Crippen LogP contribution < -0.4 is 4.74 Å². The Morgan fingerprint density at radius 1 is 1.62 bits per heavy atom. The van der Waals surface area contributed by atoms with Gasteiger partial charge < -0.3 is 14.9 Å². The Morgan fingerprint density at radius 2 is 2.38 bits per heavy atom. The van der Waals surface area contributed by atoms with Gasteiger partial charge in [-0.15, -0.1) is 0 Å². The molecule has 0 radical (unpaired) electrons. The van der Waals surface area contributed by atoms with Gasteiger partial charge in [0.2, 0.25) is 0 Å². The quantitative estimate of drug-likeness (QED) is 0.525. The normalized spacial score (nSPS) is 9.62. The van der Waals surface area contributed by atoms with Crippen molar-refractivity contribution in [1.82, 2.24) is 4.98 Å². The summed E-state index contributed by atoms with van der Waals surface area (Å²) in [5, 5.41) is 10.2. The monoisotopic (exact) mass is 182 g/mol. The van der Waals surface area contributed by atoms with E-state index < -0.39 is 4.92 Å². The van der Waals surface area contributed by atoms with Crippen LogP contribution in [0.2, 0.25) is 0 Å². The van der Waals surface area contributed by atoms with Gasteiger partial charge in [-0.25, -0.2) is 0 Å². The zero-order chi connectivity index (χ0) is 9.68. The van der Waals surface area contributed by atoms with E-state index in [0.717, 1.165) is 6.42 Å².